The van der Waals surface area contributed by atoms with Gasteiger partial charge in [-0.1, -0.05) is 40.3 Å². The van der Waals surface area contributed by atoms with Crippen LogP contribution in [0.25, 0.3) is 0 Å². The van der Waals surface area contributed by atoms with E-state index in [1.54, 1.807) is 6.08 Å². The summed E-state index contributed by atoms with van der Waals surface area (Å²) in [6.07, 6.45) is 10.3. The summed E-state index contributed by atoms with van der Waals surface area (Å²) in [6, 6.07) is 0.0150. The summed E-state index contributed by atoms with van der Waals surface area (Å²) in [5.74, 6) is 0.348. The molecule has 0 amide bonds. The summed E-state index contributed by atoms with van der Waals surface area (Å²) >= 11 is 0. The Morgan fingerprint density at radius 3 is 3.00 bits per heavy atom. The van der Waals surface area contributed by atoms with Gasteiger partial charge in [-0.2, -0.15) is 0 Å². The van der Waals surface area contributed by atoms with Crippen LogP contribution in [0.5, 0.6) is 0 Å². The average Bonchev–Trinajstić information content (AvgIpc) is 2.24. The number of hydrogen-bond donors (Lipinski definition) is 0. The number of Topliss-reactive ketones (excluding diaryl/α,β-unsaturated/α-hetero) is 1. The van der Waals surface area contributed by atoms with Crippen molar-refractivity contribution in [2.75, 3.05) is 6.54 Å². The lowest BCUT2D eigenvalue weighted by Crippen LogP contribution is -2.39. The Labute approximate surface area is 100 Å². The van der Waals surface area contributed by atoms with Gasteiger partial charge in [-0.15, -0.1) is 0 Å². The Hall–Kier alpha value is -0.720. The Kier molecular flexibility index (Phi) is 5.65. The highest BCUT2D eigenvalue weighted by Gasteiger charge is 2.27. The molecule has 2 nitrogen and oxygen atoms in total. The van der Waals surface area contributed by atoms with Crippen molar-refractivity contribution in [3.05, 3.63) is 36.5 Å². The van der Waals surface area contributed by atoms with Gasteiger partial charge in [0.05, 0.1) is 6.04 Å². The maximum atomic E-state index is 11.8. The summed E-state index contributed by atoms with van der Waals surface area (Å²) in [5.41, 5.74) is 1.16. The van der Waals surface area contributed by atoms with E-state index in [4.69, 9.17) is 0 Å². The lowest BCUT2D eigenvalue weighted by molar-refractivity contribution is -0.124. The number of carbonyl (C=O) groups excluding carboxylic acids is 1. The second kappa shape index (κ2) is 6.78. The van der Waals surface area contributed by atoms with Gasteiger partial charge in [0, 0.05) is 13.0 Å². The molecule has 3 heteroatoms. The molecule has 16 heavy (non-hydrogen) atoms. The molecule has 0 aliphatic carbocycles. The molecule has 1 heterocycles. The van der Waals surface area contributed by atoms with Crippen molar-refractivity contribution in [3.8, 4) is 0 Å². The molecule has 0 saturated carbocycles. The zero-order valence-corrected chi connectivity index (χ0v) is 11.0. The van der Waals surface area contributed by atoms with Gasteiger partial charge in [0.25, 0.3) is 0 Å². The molecule has 1 saturated heterocycles. The van der Waals surface area contributed by atoms with Crippen molar-refractivity contribution in [2.24, 2.45) is 0 Å². The molecule has 2 unspecified atom stereocenters. The minimum atomic E-state index is 0.0150. The third-order valence-corrected chi connectivity index (χ3v) is 3.37. The van der Waals surface area contributed by atoms with Gasteiger partial charge in [-0.3, -0.25) is 9.46 Å². The van der Waals surface area contributed by atoms with E-state index in [-0.39, 0.29) is 6.04 Å². The predicted molar refractivity (Wildman–Crippen MR) is 72.2 cm³/mol. The van der Waals surface area contributed by atoms with Gasteiger partial charge in [-0.05, 0) is 25.3 Å². The first-order valence-electron chi connectivity index (χ1n) is 5.67. The van der Waals surface area contributed by atoms with E-state index < -0.39 is 0 Å². The molecule has 1 aliphatic heterocycles. The van der Waals surface area contributed by atoms with Crippen molar-refractivity contribution in [1.82, 2.24) is 4.67 Å². The molecule has 0 aromatic heterocycles. The van der Waals surface area contributed by atoms with Gasteiger partial charge in [0.1, 0.15) is 0 Å². The SMILES string of the molecule is C=C/C=C(\C=C/C)CC1C(=O)CCCN1P. The summed E-state index contributed by atoms with van der Waals surface area (Å²) in [4.78, 5) is 11.8. The fraction of sp³-hybridized carbons (Fsp3) is 0.462. The van der Waals surface area contributed by atoms with E-state index in [0.717, 1.165) is 25.0 Å². The average molecular weight is 237 g/mol. The summed E-state index contributed by atoms with van der Waals surface area (Å²) < 4.78 is 2.08. The molecule has 88 valence electrons. The maximum Gasteiger partial charge on any atom is 0.150 e. The number of hydrogen-bond acceptors (Lipinski definition) is 2. The fourth-order valence-electron chi connectivity index (χ4n) is 1.95. The zero-order chi connectivity index (χ0) is 12.0. The molecule has 0 bridgehead atoms. The van der Waals surface area contributed by atoms with E-state index >= 15 is 0 Å². The summed E-state index contributed by atoms with van der Waals surface area (Å²) in [5, 5.41) is 0. The van der Waals surface area contributed by atoms with Crippen LogP contribution in [0.4, 0.5) is 0 Å². The Morgan fingerprint density at radius 2 is 2.44 bits per heavy atom. The lowest BCUT2D eigenvalue weighted by Gasteiger charge is -2.31. The Bertz CT molecular complexity index is 320. The van der Waals surface area contributed by atoms with Gasteiger partial charge in [-0.25, -0.2) is 0 Å². The number of carbonyl (C=O) groups is 1. The first kappa shape index (κ1) is 13.3. The van der Waals surface area contributed by atoms with E-state index in [9.17, 15) is 4.79 Å². The molecular weight excluding hydrogens is 217 g/mol. The molecule has 1 fully saturated rings. The highest BCUT2D eigenvalue weighted by molar-refractivity contribution is 7.13. The molecule has 2 atom stereocenters. The summed E-state index contributed by atoms with van der Waals surface area (Å²) in [7, 11) is 2.67. The van der Waals surface area contributed by atoms with E-state index in [1.165, 1.54) is 0 Å². The minimum Gasteiger partial charge on any atom is -0.298 e. The molecule has 0 N–H and O–H groups in total. The number of allylic oxidation sites excluding steroid dienone is 4. The lowest BCUT2D eigenvalue weighted by atomic mass is 9.96. The van der Waals surface area contributed by atoms with Crippen LogP contribution in [-0.4, -0.2) is 23.0 Å². The number of piperidine rings is 1. The first-order valence-corrected chi connectivity index (χ1v) is 6.19. The van der Waals surface area contributed by atoms with Crippen molar-refractivity contribution < 1.29 is 4.79 Å². The van der Waals surface area contributed by atoms with Crippen molar-refractivity contribution in [3.63, 3.8) is 0 Å². The molecule has 0 aromatic carbocycles. The second-order valence-corrected chi connectivity index (χ2v) is 4.67. The van der Waals surface area contributed by atoms with Gasteiger partial charge in [0.15, 0.2) is 5.78 Å². The quantitative estimate of drug-likeness (QED) is 0.553. The molecule has 1 rings (SSSR count). The molecule has 0 spiro atoms. The third-order valence-electron chi connectivity index (χ3n) is 2.75. The maximum absolute atomic E-state index is 11.8. The van der Waals surface area contributed by atoms with Crippen molar-refractivity contribution in [1.29, 1.82) is 0 Å². The van der Waals surface area contributed by atoms with Crippen LogP contribution in [0.1, 0.15) is 26.2 Å². The number of rotatable bonds is 4. The highest BCUT2D eigenvalue weighted by atomic mass is 31.0. The fourth-order valence-corrected chi connectivity index (χ4v) is 2.41. The first-order chi connectivity index (χ1) is 7.69. The van der Waals surface area contributed by atoms with E-state index in [0.29, 0.717) is 12.2 Å². The largest absolute Gasteiger partial charge is 0.298 e. The van der Waals surface area contributed by atoms with Crippen LogP contribution in [0.2, 0.25) is 0 Å². The van der Waals surface area contributed by atoms with Gasteiger partial charge < -0.3 is 0 Å². The topological polar surface area (TPSA) is 20.3 Å². The number of ketones is 1. The van der Waals surface area contributed by atoms with Crippen LogP contribution < -0.4 is 0 Å². The Morgan fingerprint density at radius 1 is 1.69 bits per heavy atom. The van der Waals surface area contributed by atoms with Crippen molar-refractivity contribution >= 4 is 15.2 Å². The molecule has 0 aromatic rings. The normalized spacial score (nSPS) is 24.0. The van der Waals surface area contributed by atoms with Crippen LogP contribution in [0.3, 0.4) is 0 Å². The monoisotopic (exact) mass is 237 g/mol. The summed E-state index contributed by atoms with van der Waals surface area (Å²) in [6.45, 7) is 6.67. The molecule has 0 radical (unpaired) electrons. The molecule has 1 aliphatic rings. The van der Waals surface area contributed by atoms with E-state index in [2.05, 4.69) is 20.6 Å². The second-order valence-electron chi connectivity index (χ2n) is 4.00. The van der Waals surface area contributed by atoms with Crippen LogP contribution in [0.15, 0.2) is 36.5 Å². The zero-order valence-electron chi connectivity index (χ0n) is 9.86. The third kappa shape index (κ3) is 3.70. The smallest absolute Gasteiger partial charge is 0.150 e. The standard InChI is InChI=1S/C13H20NOP/c1-3-6-11(7-4-2)10-12-13(15)8-5-9-14(12)16/h3-4,6-7,12H,1,5,8-10,16H2,2H3/b7-4-,11-6+. The van der Waals surface area contributed by atoms with Gasteiger partial charge >= 0.3 is 0 Å². The predicted octanol–water partition coefficient (Wildman–Crippen LogP) is 2.89. The molecular formula is C13H20NOP. The van der Waals surface area contributed by atoms with E-state index in [1.807, 2.05) is 25.2 Å². The highest BCUT2D eigenvalue weighted by Crippen LogP contribution is 2.23. The number of nitrogens with zero attached hydrogens (tertiary/aromatic N) is 1. The minimum absolute atomic E-state index is 0.0150. The van der Waals surface area contributed by atoms with Crippen molar-refractivity contribution in [2.45, 2.75) is 32.2 Å². The van der Waals surface area contributed by atoms with Gasteiger partial charge in [0.2, 0.25) is 0 Å². The van der Waals surface area contributed by atoms with Crippen LogP contribution >= 0.6 is 9.39 Å². The van der Waals surface area contributed by atoms with Crippen LogP contribution in [0, 0.1) is 0 Å². The van der Waals surface area contributed by atoms with Crippen LogP contribution in [-0.2, 0) is 4.79 Å². The Balaban J connectivity index is 2.72.